The minimum atomic E-state index is -0.289. The molecule has 18 heavy (non-hydrogen) atoms. The quantitative estimate of drug-likeness (QED) is 0.760. The third kappa shape index (κ3) is 2.74. The Balaban J connectivity index is 2.04. The predicted octanol–water partition coefficient (Wildman–Crippen LogP) is 1.73. The summed E-state index contributed by atoms with van der Waals surface area (Å²) >= 11 is 0. The maximum atomic E-state index is 11.8. The number of ether oxygens (including phenoxy) is 1. The first kappa shape index (κ1) is 12.3. The van der Waals surface area contributed by atoms with Gasteiger partial charge in [-0.15, -0.1) is 0 Å². The lowest BCUT2D eigenvalue weighted by molar-refractivity contribution is -0.140. The van der Waals surface area contributed by atoms with E-state index in [-0.39, 0.29) is 24.7 Å². The molecule has 0 N–H and O–H groups in total. The number of benzene rings is 1. The molecule has 0 saturated heterocycles. The molecule has 1 aromatic carbocycles. The van der Waals surface area contributed by atoms with Crippen molar-refractivity contribution in [3.63, 3.8) is 0 Å². The molecule has 2 rings (SSSR count). The topological polar surface area (TPSA) is 59.0 Å². The van der Waals surface area contributed by atoms with Gasteiger partial charge in [-0.3, -0.25) is 9.59 Å². The second kappa shape index (κ2) is 5.44. The summed E-state index contributed by atoms with van der Waals surface area (Å²) in [5.41, 5.74) is 1.46. The van der Waals surface area contributed by atoms with Crippen molar-refractivity contribution in [2.45, 2.75) is 19.3 Å². The van der Waals surface area contributed by atoms with Gasteiger partial charge >= 0.3 is 5.97 Å². The Hall–Kier alpha value is -2.17. The van der Waals surface area contributed by atoms with Crippen LogP contribution in [0.25, 0.3) is 0 Å². The Morgan fingerprint density at radius 2 is 2.11 bits per heavy atom. The van der Waals surface area contributed by atoms with Gasteiger partial charge in [0.25, 0.3) is 5.91 Å². The highest BCUT2D eigenvalue weighted by atomic mass is 16.5. The number of carbonyl (C=O) groups excluding carboxylic acids is 2. The summed E-state index contributed by atoms with van der Waals surface area (Å²) in [4.78, 5) is 22.8. The highest BCUT2D eigenvalue weighted by molar-refractivity contribution is 6.13. The number of esters is 1. The van der Waals surface area contributed by atoms with E-state index >= 15 is 0 Å². The van der Waals surface area contributed by atoms with Crippen LogP contribution in [0.3, 0.4) is 0 Å². The number of nitrogens with zero attached hydrogens (tertiary/aromatic N) is 2. The zero-order valence-corrected chi connectivity index (χ0v) is 10.1. The van der Waals surface area contributed by atoms with Gasteiger partial charge in [-0.05, 0) is 18.6 Å². The minimum Gasteiger partial charge on any atom is -0.469 e. The number of methoxy groups -OCH3 is 1. The van der Waals surface area contributed by atoms with E-state index < -0.39 is 0 Å². The first-order valence-corrected chi connectivity index (χ1v) is 5.72. The molecule has 1 aliphatic rings. The Kier molecular flexibility index (Phi) is 3.72. The number of hydrazone groups is 1. The van der Waals surface area contributed by atoms with E-state index in [0.717, 1.165) is 5.69 Å². The largest absolute Gasteiger partial charge is 0.469 e. The summed E-state index contributed by atoms with van der Waals surface area (Å²) in [6.07, 6.45) is 0.985. The molecule has 0 saturated carbocycles. The van der Waals surface area contributed by atoms with Crippen LogP contribution in [0.15, 0.2) is 35.4 Å². The SMILES string of the molecule is COC(=O)CCC1=NN(c2ccccc2)C(=O)C1. The van der Waals surface area contributed by atoms with Gasteiger partial charge in [0.05, 0.1) is 25.6 Å². The number of hydrogen-bond donors (Lipinski definition) is 0. The molecule has 0 atom stereocenters. The summed E-state index contributed by atoms with van der Waals surface area (Å²) in [7, 11) is 1.35. The average molecular weight is 246 g/mol. The maximum absolute atomic E-state index is 11.8. The zero-order valence-electron chi connectivity index (χ0n) is 10.1. The monoisotopic (exact) mass is 246 g/mol. The third-order valence-electron chi connectivity index (χ3n) is 2.68. The number of rotatable bonds is 4. The zero-order chi connectivity index (χ0) is 13.0. The molecule has 94 valence electrons. The molecule has 0 radical (unpaired) electrons. The van der Waals surface area contributed by atoms with Crippen LogP contribution in [-0.2, 0) is 14.3 Å². The normalized spacial score (nSPS) is 14.6. The van der Waals surface area contributed by atoms with Crippen molar-refractivity contribution in [1.29, 1.82) is 0 Å². The van der Waals surface area contributed by atoms with Crippen LogP contribution >= 0.6 is 0 Å². The standard InChI is InChI=1S/C13H14N2O3/c1-18-13(17)8-7-10-9-12(16)15(14-10)11-5-3-2-4-6-11/h2-6H,7-9H2,1H3. The average Bonchev–Trinajstić information content (AvgIpc) is 2.78. The molecule has 1 aliphatic heterocycles. The minimum absolute atomic E-state index is 0.0685. The molecule has 1 heterocycles. The highest BCUT2D eigenvalue weighted by Gasteiger charge is 2.25. The fourth-order valence-corrected chi connectivity index (χ4v) is 1.74. The molecular weight excluding hydrogens is 232 g/mol. The van der Waals surface area contributed by atoms with E-state index in [1.165, 1.54) is 12.1 Å². The van der Waals surface area contributed by atoms with Gasteiger partial charge in [-0.2, -0.15) is 5.10 Å². The second-order valence-corrected chi connectivity index (χ2v) is 3.96. The van der Waals surface area contributed by atoms with Crippen molar-refractivity contribution in [3.8, 4) is 0 Å². The maximum Gasteiger partial charge on any atom is 0.305 e. The lowest BCUT2D eigenvalue weighted by atomic mass is 10.1. The van der Waals surface area contributed by atoms with E-state index in [9.17, 15) is 9.59 Å². The van der Waals surface area contributed by atoms with Crippen molar-refractivity contribution < 1.29 is 14.3 Å². The lowest BCUT2D eigenvalue weighted by Crippen LogP contribution is -2.19. The summed E-state index contributed by atoms with van der Waals surface area (Å²) in [5, 5.41) is 5.62. The molecule has 0 spiro atoms. The lowest BCUT2D eigenvalue weighted by Gasteiger charge is -2.10. The van der Waals surface area contributed by atoms with Crippen LogP contribution in [-0.4, -0.2) is 24.7 Å². The van der Waals surface area contributed by atoms with Gasteiger partial charge in [-0.1, -0.05) is 18.2 Å². The van der Waals surface area contributed by atoms with Crippen molar-refractivity contribution >= 4 is 23.3 Å². The first-order valence-electron chi connectivity index (χ1n) is 5.72. The molecular formula is C13H14N2O3. The molecule has 0 aliphatic carbocycles. The fourth-order valence-electron chi connectivity index (χ4n) is 1.74. The predicted molar refractivity (Wildman–Crippen MR) is 67.2 cm³/mol. The second-order valence-electron chi connectivity index (χ2n) is 3.96. The molecule has 0 bridgehead atoms. The van der Waals surface area contributed by atoms with Gasteiger partial charge in [0.15, 0.2) is 0 Å². The summed E-state index contributed by atoms with van der Waals surface area (Å²) in [5.74, 6) is -0.357. The molecule has 5 nitrogen and oxygen atoms in total. The van der Waals surface area contributed by atoms with Crippen LogP contribution in [0.2, 0.25) is 0 Å². The highest BCUT2D eigenvalue weighted by Crippen LogP contribution is 2.21. The van der Waals surface area contributed by atoms with E-state index in [0.29, 0.717) is 12.1 Å². The van der Waals surface area contributed by atoms with Crippen LogP contribution < -0.4 is 5.01 Å². The molecule has 0 aromatic heterocycles. The van der Waals surface area contributed by atoms with Crippen LogP contribution in [0.4, 0.5) is 5.69 Å². The van der Waals surface area contributed by atoms with Crippen LogP contribution in [0.5, 0.6) is 0 Å². The Morgan fingerprint density at radius 1 is 1.39 bits per heavy atom. The molecule has 5 heteroatoms. The number of hydrogen-bond acceptors (Lipinski definition) is 4. The Labute approximate surface area is 105 Å². The van der Waals surface area contributed by atoms with Gasteiger partial charge in [0, 0.05) is 5.71 Å². The summed E-state index contributed by atoms with van der Waals surface area (Å²) in [6.45, 7) is 0. The Morgan fingerprint density at radius 3 is 2.78 bits per heavy atom. The molecule has 0 fully saturated rings. The van der Waals surface area contributed by atoms with Crippen molar-refractivity contribution in [2.24, 2.45) is 5.10 Å². The Bertz CT molecular complexity index is 482. The number of anilines is 1. The molecule has 1 amide bonds. The van der Waals surface area contributed by atoms with Crippen LogP contribution in [0, 0.1) is 0 Å². The first-order chi connectivity index (χ1) is 8.70. The fraction of sp³-hybridized carbons (Fsp3) is 0.308. The van der Waals surface area contributed by atoms with E-state index in [4.69, 9.17) is 0 Å². The summed E-state index contributed by atoms with van der Waals surface area (Å²) in [6, 6.07) is 9.23. The number of carbonyl (C=O) groups is 2. The van der Waals surface area contributed by atoms with Crippen molar-refractivity contribution in [2.75, 3.05) is 12.1 Å². The third-order valence-corrected chi connectivity index (χ3v) is 2.68. The van der Waals surface area contributed by atoms with E-state index in [1.807, 2.05) is 30.3 Å². The van der Waals surface area contributed by atoms with Gasteiger partial charge < -0.3 is 4.74 Å². The number of para-hydroxylation sites is 1. The number of amides is 1. The van der Waals surface area contributed by atoms with Gasteiger partial charge in [0.1, 0.15) is 0 Å². The van der Waals surface area contributed by atoms with E-state index in [1.54, 1.807) is 0 Å². The van der Waals surface area contributed by atoms with Crippen molar-refractivity contribution in [1.82, 2.24) is 0 Å². The smallest absolute Gasteiger partial charge is 0.305 e. The van der Waals surface area contributed by atoms with Gasteiger partial charge in [0.2, 0.25) is 0 Å². The van der Waals surface area contributed by atoms with Gasteiger partial charge in [-0.25, -0.2) is 5.01 Å². The molecule has 0 unspecified atom stereocenters. The van der Waals surface area contributed by atoms with Crippen LogP contribution in [0.1, 0.15) is 19.3 Å². The van der Waals surface area contributed by atoms with E-state index in [2.05, 4.69) is 9.84 Å². The summed E-state index contributed by atoms with van der Waals surface area (Å²) < 4.78 is 4.56. The van der Waals surface area contributed by atoms with Crippen molar-refractivity contribution in [3.05, 3.63) is 30.3 Å². The molecule has 1 aromatic rings.